The number of halogens is 1. The van der Waals surface area contributed by atoms with Gasteiger partial charge < -0.3 is 19.4 Å². The molecule has 0 radical (unpaired) electrons. The Morgan fingerprint density at radius 3 is 2.38 bits per heavy atom. The third kappa shape index (κ3) is 8.60. The number of methoxy groups -OCH3 is 1. The van der Waals surface area contributed by atoms with Gasteiger partial charge in [0.05, 0.1) is 48.5 Å². The summed E-state index contributed by atoms with van der Waals surface area (Å²) in [5.74, 6) is 1.45. The fourth-order valence-corrected chi connectivity index (χ4v) is 8.47. The Hall–Kier alpha value is -6.85. The number of ether oxygens (including phenoxy) is 2. The average molecular weight is 871 g/mol. The summed E-state index contributed by atoms with van der Waals surface area (Å²) in [4.78, 5) is 46.0. The van der Waals surface area contributed by atoms with Gasteiger partial charge in [0, 0.05) is 73.5 Å². The Balaban J connectivity index is 0.000000270. The number of aromatic amines is 2. The van der Waals surface area contributed by atoms with Crippen molar-refractivity contribution in [2.75, 3.05) is 33.5 Å². The molecule has 1 amide bonds. The van der Waals surface area contributed by atoms with Gasteiger partial charge in [-0.2, -0.15) is 10.2 Å². The van der Waals surface area contributed by atoms with Crippen molar-refractivity contribution in [3.63, 3.8) is 0 Å². The van der Waals surface area contributed by atoms with Crippen molar-refractivity contribution in [2.45, 2.75) is 71.9 Å². The molecule has 0 spiro atoms. The summed E-state index contributed by atoms with van der Waals surface area (Å²) in [6.07, 6.45) is 10.8. The summed E-state index contributed by atoms with van der Waals surface area (Å²) >= 11 is 0. The van der Waals surface area contributed by atoms with E-state index in [4.69, 9.17) is 14.6 Å². The molecule has 0 unspecified atom stereocenters. The molecule has 3 aliphatic rings. The van der Waals surface area contributed by atoms with Crippen molar-refractivity contribution in [1.29, 1.82) is 0 Å². The van der Waals surface area contributed by atoms with Crippen LogP contribution in [-0.2, 0) is 29.0 Å². The molecule has 7 heterocycles. The van der Waals surface area contributed by atoms with Crippen LogP contribution >= 0.6 is 0 Å². The average Bonchev–Trinajstić information content (AvgIpc) is 3.91. The molecule has 1 saturated heterocycles. The Kier molecular flexibility index (Phi) is 12.0. The SMILES string of the molecule is C1CCOCC1.COCCn1ncc2cc(-n3ccn(-c4c5c(nn4-c4cc(C)c(F)c(C)c4)CCN(C(=O)c4cc6ccccc6[nH]4)C5)c3=O)ccc21.C[C@H]1C[C@H]1c1noc(=O)[nH]1. The minimum Gasteiger partial charge on any atom is -0.383 e. The molecule has 1 aliphatic carbocycles. The van der Waals surface area contributed by atoms with Gasteiger partial charge in [0.15, 0.2) is 5.82 Å². The van der Waals surface area contributed by atoms with E-state index in [0.717, 1.165) is 52.7 Å². The minimum absolute atomic E-state index is 0.131. The fraction of sp³-hybridized carbons (Fsp3) is 0.362. The molecule has 2 aliphatic heterocycles. The molecule has 11 rings (SSSR count). The number of rotatable bonds is 8. The summed E-state index contributed by atoms with van der Waals surface area (Å²) in [6, 6.07) is 18.9. The lowest BCUT2D eigenvalue weighted by Crippen LogP contribution is -2.36. The van der Waals surface area contributed by atoms with Gasteiger partial charge in [0.25, 0.3) is 5.91 Å². The Labute approximate surface area is 367 Å². The van der Waals surface area contributed by atoms with Crippen molar-refractivity contribution in [1.82, 2.24) is 48.7 Å². The van der Waals surface area contributed by atoms with Crippen molar-refractivity contribution in [2.24, 2.45) is 5.92 Å². The molecule has 3 aromatic carbocycles. The highest BCUT2D eigenvalue weighted by Crippen LogP contribution is 2.44. The summed E-state index contributed by atoms with van der Waals surface area (Å²) in [5, 5.41) is 14.9. The lowest BCUT2D eigenvalue weighted by atomic mass is 10.1. The first-order chi connectivity index (χ1) is 31.1. The molecule has 5 aromatic heterocycles. The maximum Gasteiger partial charge on any atom is 0.438 e. The first kappa shape index (κ1) is 42.5. The van der Waals surface area contributed by atoms with Crippen LogP contribution in [0.3, 0.4) is 0 Å². The normalized spacial score (nSPS) is 16.9. The molecule has 17 heteroatoms. The van der Waals surface area contributed by atoms with Crippen LogP contribution in [0.25, 0.3) is 39.0 Å². The highest BCUT2D eigenvalue weighted by molar-refractivity contribution is 5.98. The minimum atomic E-state index is -0.450. The number of H-pyrrole nitrogens is 2. The van der Waals surface area contributed by atoms with Crippen molar-refractivity contribution < 1.29 is 23.2 Å². The van der Waals surface area contributed by atoms with E-state index in [1.54, 1.807) is 70.4 Å². The maximum absolute atomic E-state index is 14.7. The highest BCUT2D eigenvalue weighted by atomic mass is 19.1. The van der Waals surface area contributed by atoms with Gasteiger partial charge in [-0.05, 0) is 99.0 Å². The Bertz CT molecular complexity index is 3000. The second-order valence-corrected chi connectivity index (χ2v) is 16.7. The van der Waals surface area contributed by atoms with E-state index >= 15 is 0 Å². The summed E-state index contributed by atoms with van der Waals surface area (Å²) in [6.45, 7) is 9.42. The highest BCUT2D eigenvalue weighted by Gasteiger charge is 2.37. The largest absolute Gasteiger partial charge is 0.438 e. The molecule has 64 heavy (non-hydrogen) atoms. The number of aryl methyl sites for hydroxylation is 2. The standard InChI is InChI=1S/C36H33FN8O3.C6H8N2O2.C5H10O/c1-22-16-27(17-23(2)33(22)37)45-34(28-21-41(11-10-30(28)40-45)35(46)31-19-24-6-4-5-7-29(24)39-31)43-13-12-42(36(43)47)26-8-9-32-25(18-26)20-38-44(32)14-15-48-3;1-3-2-4(3)5-7-6(9)10-8-5;1-2-4-6-5-3-1/h4-9,12-13,16-20,39H,10-11,14-15,21H2,1-3H3;3-4H,2H2,1H3,(H,7,8,9);1-5H2/t;3-,4+;/m.0./s1. The Morgan fingerprint density at radius 2 is 1.70 bits per heavy atom. The number of amides is 1. The quantitative estimate of drug-likeness (QED) is 0.164. The zero-order valence-electron chi connectivity index (χ0n) is 36.3. The van der Waals surface area contributed by atoms with E-state index in [-0.39, 0.29) is 24.0 Å². The Morgan fingerprint density at radius 1 is 0.938 bits per heavy atom. The number of nitrogens with zero attached hydrogens (tertiary/aromatic N) is 8. The molecule has 16 nitrogen and oxygen atoms in total. The zero-order chi connectivity index (χ0) is 44.5. The van der Waals surface area contributed by atoms with E-state index in [1.165, 1.54) is 19.3 Å². The van der Waals surface area contributed by atoms with Gasteiger partial charge in [-0.25, -0.2) is 18.7 Å². The van der Waals surface area contributed by atoms with Gasteiger partial charge in [-0.1, -0.05) is 30.3 Å². The number of para-hydroxylation sites is 1. The third-order valence-corrected chi connectivity index (χ3v) is 12.1. The predicted octanol–water partition coefficient (Wildman–Crippen LogP) is 6.92. The van der Waals surface area contributed by atoms with Crippen molar-refractivity contribution in [3.8, 4) is 17.2 Å². The van der Waals surface area contributed by atoms with E-state index in [2.05, 4.69) is 31.7 Å². The number of imidazole rings is 1. The number of aromatic nitrogens is 9. The summed E-state index contributed by atoms with van der Waals surface area (Å²) < 4.78 is 36.1. The number of nitrogens with one attached hydrogen (secondary N) is 2. The zero-order valence-corrected chi connectivity index (χ0v) is 36.3. The van der Waals surface area contributed by atoms with Crippen LogP contribution in [0.4, 0.5) is 4.39 Å². The smallest absolute Gasteiger partial charge is 0.383 e. The molecule has 8 aromatic rings. The van der Waals surface area contributed by atoms with Crippen LogP contribution in [0.2, 0.25) is 0 Å². The van der Waals surface area contributed by atoms with Crippen molar-refractivity contribution >= 4 is 27.7 Å². The van der Waals surface area contributed by atoms with Crippen LogP contribution in [0, 0.1) is 25.6 Å². The van der Waals surface area contributed by atoms with Crippen molar-refractivity contribution in [3.05, 3.63) is 140 Å². The van der Waals surface area contributed by atoms with E-state index < -0.39 is 5.76 Å². The molecule has 1 saturated carbocycles. The number of hydrogen-bond acceptors (Lipinski definition) is 9. The second-order valence-electron chi connectivity index (χ2n) is 16.7. The van der Waals surface area contributed by atoms with Gasteiger partial charge in [-0.15, -0.1) is 0 Å². The molecule has 0 bridgehead atoms. The monoisotopic (exact) mass is 870 g/mol. The van der Waals surface area contributed by atoms with Gasteiger partial charge in [-0.3, -0.25) is 28.1 Å². The molecular formula is C47H51FN10O6. The first-order valence-electron chi connectivity index (χ1n) is 21.7. The van der Waals surface area contributed by atoms with Crippen LogP contribution in [0.1, 0.15) is 77.2 Å². The fourth-order valence-electron chi connectivity index (χ4n) is 8.47. The van der Waals surface area contributed by atoms with Crippen LogP contribution < -0.4 is 11.4 Å². The number of carbonyl (C=O) groups is 1. The number of benzene rings is 3. The van der Waals surface area contributed by atoms with Gasteiger partial charge in [0.2, 0.25) is 0 Å². The van der Waals surface area contributed by atoms with Crippen LogP contribution in [-0.4, -0.2) is 88.1 Å². The first-order valence-corrected chi connectivity index (χ1v) is 21.7. The number of fused-ring (bicyclic) bond motifs is 3. The van der Waals surface area contributed by atoms with Crippen LogP contribution in [0.15, 0.2) is 93.4 Å². The number of hydrogen-bond donors (Lipinski definition) is 2. The third-order valence-electron chi connectivity index (χ3n) is 12.1. The molecule has 332 valence electrons. The molecule has 2 N–H and O–H groups in total. The second kappa shape index (κ2) is 18.1. The van der Waals surface area contributed by atoms with E-state index in [0.29, 0.717) is 77.8 Å². The lowest BCUT2D eigenvalue weighted by molar-refractivity contribution is 0.0729. The summed E-state index contributed by atoms with van der Waals surface area (Å²) in [5.41, 5.74) is 5.85. The van der Waals surface area contributed by atoms with E-state index in [1.807, 2.05) is 53.2 Å². The predicted molar refractivity (Wildman–Crippen MR) is 238 cm³/mol. The summed E-state index contributed by atoms with van der Waals surface area (Å²) in [7, 11) is 1.65. The van der Waals surface area contributed by atoms with Gasteiger partial charge >= 0.3 is 11.4 Å². The molecular weight excluding hydrogens is 820 g/mol. The topological polar surface area (TPSA) is 176 Å². The number of carbonyl (C=O) groups excluding carboxylic acids is 1. The lowest BCUT2D eigenvalue weighted by Gasteiger charge is -2.26. The van der Waals surface area contributed by atoms with E-state index in [9.17, 15) is 18.8 Å². The van der Waals surface area contributed by atoms with Gasteiger partial charge in [0.1, 0.15) is 17.3 Å². The van der Waals surface area contributed by atoms with Crippen LogP contribution in [0.5, 0.6) is 0 Å². The molecule has 2 atom stereocenters. The maximum atomic E-state index is 14.7. The molecule has 2 fully saturated rings.